The summed E-state index contributed by atoms with van der Waals surface area (Å²) in [5.74, 6) is 1.24. The van der Waals surface area contributed by atoms with Gasteiger partial charge in [0.15, 0.2) is 0 Å². The minimum Gasteiger partial charge on any atom is -0.334 e. The van der Waals surface area contributed by atoms with Gasteiger partial charge in [0.2, 0.25) is 0 Å². The highest BCUT2D eigenvalue weighted by Crippen LogP contribution is 2.25. The Morgan fingerprint density at radius 1 is 1.20 bits per heavy atom. The number of piperidine rings is 1. The van der Waals surface area contributed by atoms with Gasteiger partial charge >= 0.3 is 11.7 Å². The Kier molecular flexibility index (Phi) is 4.37. The van der Waals surface area contributed by atoms with E-state index in [0.29, 0.717) is 24.6 Å². The molecule has 2 aliphatic heterocycles. The number of para-hydroxylation sites is 2. The van der Waals surface area contributed by atoms with Crippen LogP contribution in [0.2, 0.25) is 0 Å². The van der Waals surface area contributed by atoms with Crippen molar-refractivity contribution in [2.75, 3.05) is 24.6 Å². The van der Waals surface area contributed by atoms with Gasteiger partial charge < -0.3 is 15.2 Å². The summed E-state index contributed by atoms with van der Waals surface area (Å²) in [5, 5.41) is 2.99. The van der Waals surface area contributed by atoms with Crippen molar-refractivity contribution in [3.05, 3.63) is 34.7 Å². The average Bonchev–Trinajstić information content (AvgIpc) is 3.17. The molecule has 2 amide bonds. The molecule has 4 rings (SSSR count). The molecule has 2 aromatic rings. The number of imidazole rings is 1. The standard InChI is InChI=1S/C17H22N4O3S/c22-16(18-12-7-10-25(24)11-12)20-8-5-13(6-9-20)21-15-4-2-1-3-14(15)19-17(21)23/h1-4,12-13H,5-11H2,(H,18,22)(H,19,23). The highest BCUT2D eigenvalue weighted by molar-refractivity contribution is 7.85. The highest BCUT2D eigenvalue weighted by Gasteiger charge is 2.28. The number of carbonyl (C=O) groups excluding carboxylic acids is 1. The number of hydrogen-bond donors (Lipinski definition) is 2. The first-order valence-electron chi connectivity index (χ1n) is 8.71. The third-order valence-electron chi connectivity index (χ3n) is 5.15. The predicted octanol–water partition coefficient (Wildman–Crippen LogP) is 1.20. The number of hydrogen-bond acceptors (Lipinski definition) is 3. The Morgan fingerprint density at radius 3 is 2.68 bits per heavy atom. The Bertz CT molecular complexity index is 866. The molecule has 8 heteroatoms. The van der Waals surface area contributed by atoms with Gasteiger partial charge in [-0.05, 0) is 31.4 Å². The summed E-state index contributed by atoms with van der Waals surface area (Å²) in [6.07, 6.45) is 2.30. The summed E-state index contributed by atoms with van der Waals surface area (Å²) in [4.78, 5) is 29.4. The number of nitrogens with one attached hydrogen (secondary N) is 2. The van der Waals surface area contributed by atoms with Crippen molar-refractivity contribution in [1.29, 1.82) is 0 Å². The zero-order valence-electron chi connectivity index (χ0n) is 13.9. The number of aromatic amines is 1. The number of nitrogens with zero attached hydrogens (tertiary/aromatic N) is 2. The molecule has 0 saturated carbocycles. The van der Waals surface area contributed by atoms with Crippen LogP contribution in [0.5, 0.6) is 0 Å². The summed E-state index contributed by atoms with van der Waals surface area (Å²) < 4.78 is 13.3. The minimum atomic E-state index is -0.791. The molecule has 2 unspecified atom stereocenters. The number of likely N-dealkylation sites (tertiary alicyclic amines) is 1. The maximum absolute atomic E-state index is 12.4. The van der Waals surface area contributed by atoms with Crippen LogP contribution in [0.3, 0.4) is 0 Å². The van der Waals surface area contributed by atoms with Crippen molar-refractivity contribution < 1.29 is 9.00 Å². The average molecular weight is 362 g/mol. The largest absolute Gasteiger partial charge is 0.334 e. The Labute approximate surface area is 147 Å². The molecule has 2 N–H and O–H groups in total. The Balaban J connectivity index is 1.41. The maximum atomic E-state index is 12.4. The number of rotatable bonds is 2. The van der Waals surface area contributed by atoms with Crippen molar-refractivity contribution >= 4 is 27.9 Å². The second-order valence-electron chi connectivity index (χ2n) is 6.78. The molecule has 3 heterocycles. The van der Waals surface area contributed by atoms with E-state index in [4.69, 9.17) is 0 Å². The van der Waals surface area contributed by atoms with E-state index in [1.807, 2.05) is 28.8 Å². The van der Waals surface area contributed by atoms with E-state index in [9.17, 15) is 13.8 Å². The van der Waals surface area contributed by atoms with E-state index in [0.717, 1.165) is 30.3 Å². The smallest absolute Gasteiger partial charge is 0.326 e. The van der Waals surface area contributed by atoms with Gasteiger partial charge in [0, 0.05) is 47.5 Å². The second-order valence-corrected chi connectivity index (χ2v) is 8.40. The molecule has 25 heavy (non-hydrogen) atoms. The topological polar surface area (TPSA) is 87.2 Å². The van der Waals surface area contributed by atoms with Gasteiger partial charge in [-0.25, -0.2) is 9.59 Å². The van der Waals surface area contributed by atoms with Gasteiger partial charge in [0.25, 0.3) is 0 Å². The molecule has 1 aromatic carbocycles. The van der Waals surface area contributed by atoms with Crippen LogP contribution in [0.1, 0.15) is 25.3 Å². The van der Waals surface area contributed by atoms with Crippen LogP contribution >= 0.6 is 0 Å². The highest BCUT2D eigenvalue weighted by atomic mass is 32.2. The lowest BCUT2D eigenvalue weighted by atomic mass is 10.0. The van der Waals surface area contributed by atoms with Gasteiger partial charge in [-0.1, -0.05) is 12.1 Å². The molecule has 134 valence electrons. The van der Waals surface area contributed by atoms with Crippen LogP contribution in [-0.2, 0) is 10.8 Å². The Hall–Kier alpha value is -2.09. The fourth-order valence-corrected chi connectivity index (χ4v) is 5.22. The number of amides is 2. The molecule has 0 aliphatic carbocycles. The third-order valence-corrected chi connectivity index (χ3v) is 6.61. The maximum Gasteiger partial charge on any atom is 0.326 e. The van der Waals surface area contributed by atoms with Crippen molar-refractivity contribution in [3.63, 3.8) is 0 Å². The van der Waals surface area contributed by atoms with Gasteiger partial charge in [-0.2, -0.15) is 0 Å². The number of fused-ring (bicyclic) bond motifs is 1. The van der Waals surface area contributed by atoms with E-state index in [2.05, 4.69) is 10.3 Å². The van der Waals surface area contributed by atoms with E-state index < -0.39 is 10.8 Å². The molecular weight excluding hydrogens is 340 g/mol. The number of carbonyl (C=O) groups is 1. The number of urea groups is 1. The normalized spacial score (nSPS) is 24.7. The van der Waals surface area contributed by atoms with Gasteiger partial charge in [-0.3, -0.25) is 8.78 Å². The number of aromatic nitrogens is 2. The van der Waals surface area contributed by atoms with Crippen LogP contribution < -0.4 is 11.0 Å². The van der Waals surface area contributed by atoms with Crippen molar-refractivity contribution in [2.45, 2.75) is 31.3 Å². The van der Waals surface area contributed by atoms with Crippen LogP contribution in [0, 0.1) is 0 Å². The molecule has 0 radical (unpaired) electrons. The quantitative estimate of drug-likeness (QED) is 0.841. The summed E-state index contributed by atoms with van der Waals surface area (Å²) in [6, 6.07) is 7.75. The first-order chi connectivity index (χ1) is 12.1. The zero-order chi connectivity index (χ0) is 17.4. The van der Waals surface area contributed by atoms with E-state index in [1.165, 1.54) is 0 Å². The molecule has 2 atom stereocenters. The summed E-state index contributed by atoms with van der Waals surface area (Å²) in [5.41, 5.74) is 1.68. The lowest BCUT2D eigenvalue weighted by Crippen LogP contribution is -2.48. The Morgan fingerprint density at radius 2 is 1.96 bits per heavy atom. The van der Waals surface area contributed by atoms with Crippen molar-refractivity contribution in [2.24, 2.45) is 0 Å². The third kappa shape index (κ3) is 3.22. The molecule has 2 aliphatic rings. The fraction of sp³-hybridized carbons (Fsp3) is 0.529. The lowest BCUT2D eigenvalue weighted by Gasteiger charge is -2.33. The summed E-state index contributed by atoms with van der Waals surface area (Å²) in [7, 11) is -0.791. The molecule has 1 aromatic heterocycles. The van der Waals surface area contributed by atoms with E-state index >= 15 is 0 Å². The molecule has 2 saturated heterocycles. The van der Waals surface area contributed by atoms with Crippen LogP contribution in [-0.4, -0.2) is 55.3 Å². The molecule has 0 spiro atoms. The van der Waals surface area contributed by atoms with E-state index in [-0.39, 0.29) is 23.8 Å². The first kappa shape index (κ1) is 16.4. The molecule has 2 fully saturated rings. The van der Waals surface area contributed by atoms with Crippen LogP contribution in [0.15, 0.2) is 29.1 Å². The number of H-pyrrole nitrogens is 1. The first-order valence-corrected chi connectivity index (χ1v) is 10.2. The van der Waals surface area contributed by atoms with Crippen LogP contribution in [0.4, 0.5) is 4.79 Å². The second kappa shape index (κ2) is 6.67. The van der Waals surface area contributed by atoms with Gasteiger partial charge in [-0.15, -0.1) is 0 Å². The number of benzene rings is 1. The summed E-state index contributed by atoms with van der Waals surface area (Å²) >= 11 is 0. The van der Waals surface area contributed by atoms with E-state index in [1.54, 1.807) is 4.90 Å². The molecule has 7 nitrogen and oxygen atoms in total. The van der Waals surface area contributed by atoms with Crippen LogP contribution in [0.25, 0.3) is 11.0 Å². The predicted molar refractivity (Wildman–Crippen MR) is 97.2 cm³/mol. The van der Waals surface area contributed by atoms with Crippen molar-refractivity contribution in [1.82, 2.24) is 19.8 Å². The monoisotopic (exact) mass is 362 g/mol. The molecule has 0 bridgehead atoms. The minimum absolute atomic E-state index is 0.0299. The van der Waals surface area contributed by atoms with Gasteiger partial charge in [0.05, 0.1) is 11.0 Å². The summed E-state index contributed by atoms with van der Waals surface area (Å²) in [6.45, 7) is 1.25. The fourth-order valence-electron chi connectivity index (χ4n) is 3.81. The molecular formula is C17H22N4O3S. The van der Waals surface area contributed by atoms with Crippen molar-refractivity contribution in [3.8, 4) is 0 Å². The van der Waals surface area contributed by atoms with Gasteiger partial charge in [0.1, 0.15) is 0 Å². The lowest BCUT2D eigenvalue weighted by molar-refractivity contribution is 0.169. The SMILES string of the molecule is O=C(NC1CCS(=O)C1)N1CCC(n2c(=O)[nH]c3ccccc32)CC1. The zero-order valence-corrected chi connectivity index (χ0v) is 14.8.